The quantitative estimate of drug-likeness (QED) is 0.425. The summed E-state index contributed by atoms with van der Waals surface area (Å²) in [7, 11) is 2.25. The predicted octanol–water partition coefficient (Wildman–Crippen LogP) is 7.03. The van der Waals surface area contributed by atoms with Crippen molar-refractivity contribution in [1.29, 1.82) is 0 Å². The van der Waals surface area contributed by atoms with Gasteiger partial charge in [-0.3, -0.25) is 0 Å². The molecule has 0 atom stereocenters. The van der Waals surface area contributed by atoms with Crippen molar-refractivity contribution in [3.8, 4) is 11.3 Å². The van der Waals surface area contributed by atoms with Crippen molar-refractivity contribution in [2.24, 2.45) is 13.0 Å². The van der Waals surface area contributed by atoms with Gasteiger partial charge in [0.1, 0.15) is 7.05 Å². The van der Waals surface area contributed by atoms with Crippen LogP contribution < -0.4 is 4.57 Å². The molecule has 0 aliphatic heterocycles. The van der Waals surface area contributed by atoms with Crippen molar-refractivity contribution >= 4 is 10.9 Å². The molecule has 2 saturated carbocycles. The van der Waals surface area contributed by atoms with Gasteiger partial charge in [0, 0.05) is 23.1 Å². The van der Waals surface area contributed by atoms with Crippen molar-refractivity contribution in [3.63, 3.8) is 0 Å². The van der Waals surface area contributed by atoms with E-state index in [0.717, 1.165) is 11.8 Å². The highest BCUT2D eigenvalue weighted by molar-refractivity contribution is 5.78. The molecule has 1 heteroatoms. The van der Waals surface area contributed by atoms with Crippen LogP contribution in [-0.4, -0.2) is 0 Å². The van der Waals surface area contributed by atoms with Gasteiger partial charge >= 0.3 is 0 Å². The Balaban J connectivity index is 1.54. The second kappa shape index (κ2) is 7.94. The van der Waals surface area contributed by atoms with Crippen LogP contribution in [0.1, 0.15) is 74.0 Å². The molecule has 0 saturated heterocycles. The Labute approximate surface area is 175 Å². The molecule has 5 rings (SSSR count). The molecule has 1 aromatic heterocycles. The summed E-state index contributed by atoms with van der Waals surface area (Å²) in [5.41, 5.74) is 8.53. The first kappa shape index (κ1) is 18.9. The summed E-state index contributed by atoms with van der Waals surface area (Å²) in [6.07, 6.45) is 12.4. The molecule has 1 nitrogen and oxygen atoms in total. The second-order valence-electron chi connectivity index (χ2n) is 9.58. The molecule has 0 unspecified atom stereocenters. The highest BCUT2D eigenvalue weighted by Gasteiger charge is 2.22. The second-order valence-corrected chi connectivity index (χ2v) is 9.58. The Bertz CT molecular complexity index is 1020. The number of hydrogen-bond acceptors (Lipinski definition) is 0. The molecular weight excluding hydrogens is 350 g/mol. The fourth-order valence-corrected chi connectivity index (χ4v) is 5.80. The summed E-state index contributed by atoms with van der Waals surface area (Å²) < 4.78 is 2.42. The molecule has 0 spiro atoms. The van der Waals surface area contributed by atoms with Gasteiger partial charge in [0.15, 0.2) is 0 Å². The van der Waals surface area contributed by atoms with Gasteiger partial charge < -0.3 is 0 Å². The summed E-state index contributed by atoms with van der Waals surface area (Å²) in [6, 6.07) is 18.9. The van der Waals surface area contributed by atoms with E-state index in [9.17, 15) is 0 Å². The number of aryl methyl sites for hydroxylation is 2. The van der Waals surface area contributed by atoms with Crippen LogP contribution in [0.3, 0.4) is 0 Å². The van der Waals surface area contributed by atoms with Crippen molar-refractivity contribution < 1.29 is 4.57 Å². The van der Waals surface area contributed by atoms with Gasteiger partial charge in [0.25, 0.3) is 0 Å². The van der Waals surface area contributed by atoms with Crippen LogP contribution in [0.4, 0.5) is 0 Å². The fraction of sp³-hybridized carbons (Fsp3) is 0.464. The first-order chi connectivity index (χ1) is 14.2. The monoisotopic (exact) mass is 384 g/mol. The minimum Gasteiger partial charge on any atom is -0.194 e. The standard InChI is InChI=1S/C28H34N/c1-20-11-13-25(23-9-5-6-10-23)19-26(20)27-16-15-24-14-12-22(18-28(24)29(27)2)17-21-7-3-4-8-21/h11-16,18-19,21,23H,3-10,17H2,1-2H3/q+1. The summed E-state index contributed by atoms with van der Waals surface area (Å²) in [5, 5.41) is 1.34. The third-order valence-corrected chi connectivity index (χ3v) is 7.60. The molecule has 1 heterocycles. The maximum absolute atomic E-state index is 2.48. The highest BCUT2D eigenvalue weighted by atomic mass is 14.9. The van der Waals surface area contributed by atoms with Crippen LogP contribution in [0, 0.1) is 12.8 Å². The summed E-state index contributed by atoms with van der Waals surface area (Å²) >= 11 is 0. The van der Waals surface area contributed by atoms with Crippen LogP contribution in [0.15, 0.2) is 48.5 Å². The number of pyridine rings is 1. The van der Waals surface area contributed by atoms with Gasteiger partial charge in [-0.2, -0.15) is 4.57 Å². The van der Waals surface area contributed by atoms with Crippen LogP contribution in [-0.2, 0) is 13.5 Å². The maximum Gasteiger partial charge on any atom is 0.213 e. The van der Waals surface area contributed by atoms with Gasteiger partial charge in [-0.15, -0.1) is 0 Å². The topological polar surface area (TPSA) is 3.88 Å². The zero-order chi connectivity index (χ0) is 19.8. The molecule has 0 bridgehead atoms. The first-order valence-corrected chi connectivity index (χ1v) is 11.7. The average Bonchev–Trinajstić information content (AvgIpc) is 3.44. The normalized spacial score (nSPS) is 18.1. The first-order valence-electron chi connectivity index (χ1n) is 11.7. The Morgan fingerprint density at radius 1 is 0.828 bits per heavy atom. The van der Waals surface area contributed by atoms with Gasteiger partial charge in [0.05, 0.1) is 0 Å². The minimum absolute atomic E-state index is 0.762. The number of fused-ring (bicyclic) bond motifs is 1. The highest BCUT2D eigenvalue weighted by Crippen LogP contribution is 2.36. The molecule has 2 aliphatic rings. The molecule has 29 heavy (non-hydrogen) atoms. The zero-order valence-electron chi connectivity index (χ0n) is 18.1. The molecule has 0 amide bonds. The molecule has 0 radical (unpaired) electrons. The largest absolute Gasteiger partial charge is 0.213 e. The fourth-order valence-electron chi connectivity index (χ4n) is 5.80. The van der Waals surface area contributed by atoms with Crippen molar-refractivity contribution in [2.45, 2.75) is 70.6 Å². The summed E-state index contributed by atoms with van der Waals surface area (Å²) in [6.45, 7) is 2.26. The molecule has 2 aromatic carbocycles. The van der Waals surface area contributed by atoms with Gasteiger partial charge in [-0.05, 0) is 72.9 Å². The van der Waals surface area contributed by atoms with E-state index in [2.05, 4.69) is 67.1 Å². The maximum atomic E-state index is 2.48. The number of aromatic nitrogens is 1. The Morgan fingerprint density at radius 3 is 2.34 bits per heavy atom. The number of benzene rings is 2. The van der Waals surface area contributed by atoms with E-state index in [1.54, 1.807) is 0 Å². The number of rotatable bonds is 4. The van der Waals surface area contributed by atoms with Crippen molar-refractivity contribution in [3.05, 3.63) is 65.2 Å². The molecule has 0 N–H and O–H groups in total. The Morgan fingerprint density at radius 2 is 1.55 bits per heavy atom. The predicted molar refractivity (Wildman–Crippen MR) is 122 cm³/mol. The van der Waals surface area contributed by atoms with E-state index in [1.807, 2.05) is 0 Å². The van der Waals surface area contributed by atoms with Gasteiger partial charge in [-0.25, -0.2) is 0 Å². The third kappa shape index (κ3) is 3.72. The van der Waals surface area contributed by atoms with Crippen molar-refractivity contribution in [2.75, 3.05) is 0 Å². The average molecular weight is 385 g/mol. The Kier molecular flexibility index (Phi) is 5.16. The van der Waals surface area contributed by atoms with Crippen LogP contribution in [0.25, 0.3) is 22.2 Å². The number of nitrogens with zero attached hydrogens (tertiary/aromatic N) is 1. The molecule has 150 valence electrons. The lowest BCUT2D eigenvalue weighted by Crippen LogP contribution is -2.32. The molecule has 2 fully saturated rings. The molecule has 2 aliphatic carbocycles. The smallest absolute Gasteiger partial charge is 0.194 e. The van der Waals surface area contributed by atoms with E-state index in [-0.39, 0.29) is 0 Å². The van der Waals surface area contributed by atoms with Crippen LogP contribution in [0.2, 0.25) is 0 Å². The summed E-state index contributed by atoms with van der Waals surface area (Å²) in [5.74, 6) is 1.66. The lowest BCUT2D eigenvalue weighted by Gasteiger charge is -2.14. The Hall–Kier alpha value is -2.15. The lowest BCUT2D eigenvalue weighted by molar-refractivity contribution is -0.633. The van der Waals surface area contributed by atoms with E-state index >= 15 is 0 Å². The van der Waals surface area contributed by atoms with Crippen LogP contribution >= 0.6 is 0 Å². The SMILES string of the molecule is Cc1ccc(C2CCCC2)cc1-c1ccc2ccc(CC3CCCC3)cc2[n+]1C. The van der Waals surface area contributed by atoms with E-state index in [0.29, 0.717) is 0 Å². The minimum atomic E-state index is 0.762. The van der Waals surface area contributed by atoms with Crippen molar-refractivity contribution in [1.82, 2.24) is 0 Å². The van der Waals surface area contributed by atoms with Crippen LogP contribution in [0.5, 0.6) is 0 Å². The summed E-state index contributed by atoms with van der Waals surface area (Å²) in [4.78, 5) is 0. The zero-order valence-corrected chi connectivity index (χ0v) is 18.1. The molecular formula is C28H34N+. The van der Waals surface area contributed by atoms with E-state index < -0.39 is 0 Å². The third-order valence-electron chi connectivity index (χ3n) is 7.60. The van der Waals surface area contributed by atoms with Gasteiger partial charge in [0.2, 0.25) is 11.2 Å². The lowest BCUT2D eigenvalue weighted by atomic mass is 9.92. The van der Waals surface area contributed by atoms with Gasteiger partial charge in [-0.1, -0.05) is 56.7 Å². The van der Waals surface area contributed by atoms with E-state index in [1.165, 1.54) is 96.6 Å². The number of hydrogen-bond donors (Lipinski definition) is 0. The van der Waals surface area contributed by atoms with E-state index in [4.69, 9.17) is 0 Å². The molecule has 3 aromatic rings.